The molecule has 1 aromatic rings. The van der Waals surface area contributed by atoms with Gasteiger partial charge in [0.1, 0.15) is 0 Å². The van der Waals surface area contributed by atoms with Crippen LogP contribution in [0.25, 0.3) is 0 Å². The van der Waals surface area contributed by atoms with Crippen molar-refractivity contribution in [3.63, 3.8) is 0 Å². The SMILES string of the molecule is CNC(=S)C1CCCS(=O)C1c1cccnc1. The molecule has 0 radical (unpaired) electrons. The first-order chi connectivity index (χ1) is 8.24. The lowest BCUT2D eigenvalue weighted by Gasteiger charge is -2.31. The van der Waals surface area contributed by atoms with E-state index in [-0.39, 0.29) is 11.2 Å². The van der Waals surface area contributed by atoms with Gasteiger partial charge in [0.05, 0.1) is 10.2 Å². The molecule has 5 heteroatoms. The molecule has 0 aliphatic carbocycles. The van der Waals surface area contributed by atoms with E-state index in [9.17, 15) is 4.21 Å². The molecule has 3 nitrogen and oxygen atoms in total. The predicted octanol–water partition coefficient (Wildman–Crippen LogP) is 1.83. The molecule has 0 aromatic carbocycles. The minimum absolute atomic E-state index is 0.00241. The van der Waals surface area contributed by atoms with Crippen molar-refractivity contribution in [3.8, 4) is 0 Å². The largest absolute Gasteiger partial charge is 0.382 e. The Kier molecular flexibility index (Phi) is 4.23. The highest BCUT2D eigenvalue weighted by atomic mass is 32.2. The van der Waals surface area contributed by atoms with Crippen LogP contribution in [0.2, 0.25) is 0 Å². The molecule has 0 bridgehead atoms. The molecule has 1 N–H and O–H groups in total. The number of pyridine rings is 1. The monoisotopic (exact) mass is 268 g/mol. The normalized spacial score (nSPS) is 28.6. The van der Waals surface area contributed by atoms with Crippen molar-refractivity contribution in [1.29, 1.82) is 0 Å². The van der Waals surface area contributed by atoms with Gasteiger partial charge in [0.2, 0.25) is 0 Å². The number of hydrogen-bond acceptors (Lipinski definition) is 3. The fourth-order valence-electron chi connectivity index (χ4n) is 2.29. The van der Waals surface area contributed by atoms with Gasteiger partial charge < -0.3 is 5.32 Å². The Morgan fingerprint density at radius 3 is 3.12 bits per heavy atom. The van der Waals surface area contributed by atoms with Gasteiger partial charge in [0.15, 0.2) is 0 Å². The highest BCUT2D eigenvalue weighted by Crippen LogP contribution is 2.36. The third-order valence-electron chi connectivity index (χ3n) is 3.11. The summed E-state index contributed by atoms with van der Waals surface area (Å²) >= 11 is 5.34. The Hall–Kier alpha value is -0.810. The molecule has 17 heavy (non-hydrogen) atoms. The molecule has 1 aliphatic heterocycles. The molecule has 1 aromatic heterocycles. The van der Waals surface area contributed by atoms with E-state index in [1.54, 1.807) is 12.4 Å². The first kappa shape index (κ1) is 12.6. The second-order valence-electron chi connectivity index (χ2n) is 4.15. The molecule has 1 fully saturated rings. The molecular formula is C12H16N2OS2. The topological polar surface area (TPSA) is 42.0 Å². The van der Waals surface area contributed by atoms with E-state index in [0.717, 1.165) is 29.1 Å². The van der Waals surface area contributed by atoms with E-state index in [4.69, 9.17) is 12.2 Å². The molecule has 92 valence electrons. The Balaban J connectivity index is 2.31. The molecule has 0 amide bonds. The number of aromatic nitrogens is 1. The van der Waals surface area contributed by atoms with Crippen LogP contribution in [0.5, 0.6) is 0 Å². The van der Waals surface area contributed by atoms with Crippen LogP contribution in [0, 0.1) is 5.92 Å². The van der Waals surface area contributed by atoms with Gasteiger partial charge in [0, 0.05) is 41.9 Å². The summed E-state index contributed by atoms with van der Waals surface area (Å²) in [5.41, 5.74) is 1.04. The fourth-order valence-corrected chi connectivity index (χ4v) is 4.42. The van der Waals surface area contributed by atoms with Crippen LogP contribution in [0.3, 0.4) is 0 Å². The van der Waals surface area contributed by atoms with Crippen molar-refractivity contribution in [1.82, 2.24) is 10.3 Å². The second-order valence-corrected chi connectivity index (χ2v) is 6.27. The standard InChI is InChI=1S/C12H16N2OS2/c1-13-12(16)10-5-3-7-17(15)11(10)9-4-2-6-14-8-9/h2,4,6,8,10-11H,3,5,7H2,1H3,(H,13,16). The maximum absolute atomic E-state index is 12.2. The Morgan fingerprint density at radius 1 is 1.65 bits per heavy atom. The maximum Gasteiger partial charge on any atom is 0.0797 e. The van der Waals surface area contributed by atoms with Crippen LogP contribution in [0.4, 0.5) is 0 Å². The van der Waals surface area contributed by atoms with E-state index in [1.807, 2.05) is 19.2 Å². The minimum Gasteiger partial charge on any atom is -0.382 e. The molecule has 0 saturated carbocycles. The van der Waals surface area contributed by atoms with Gasteiger partial charge in [-0.05, 0) is 24.5 Å². The molecule has 1 aliphatic rings. The van der Waals surface area contributed by atoms with Crippen LogP contribution in [-0.4, -0.2) is 27.0 Å². The van der Waals surface area contributed by atoms with Gasteiger partial charge >= 0.3 is 0 Å². The number of rotatable bonds is 2. The highest BCUT2D eigenvalue weighted by molar-refractivity contribution is 7.85. The van der Waals surface area contributed by atoms with Gasteiger partial charge in [0.25, 0.3) is 0 Å². The smallest absolute Gasteiger partial charge is 0.0797 e. The lowest BCUT2D eigenvalue weighted by atomic mass is 9.94. The zero-order valence-corrected chi connectivity index (χ0v) is 11.4. The maximum atomic E-state index is 12.2. The first-order valence-corrected chi connectivity index (χ1v) is 7.51. The first-order valence-electron chi connectivity index (χ1n) is 5.72. The molecule has 3 atom stereocenters. The Bertz CT molecular complexity index is 422. The predicted molar refractivity (Wildman–Crippen MR) is 74.4 cm³/mol. The van der Waals surface area contributed by atoms with Crippen molar-refractivity contribution in [2.45, 2.75) is 18.1 Å². The van der Waals surface area contributed by atoms with Crippen molar-refractivity contribution in [2.75, 3.05) is 12.8 Å². The van der Waals surface area contributed by atoms with Crippen LogP contribution in [-0.2, 0) is 10.8 Å². The molecule has 2 heterocycles. The summed E-state index contributed by atoms with van der Waals surface area (Å²) < 4.78 is 12.2. The fraction of sp³-hybridized carbons (Fsp3) is 0.500. The molecular weight excluding hydrogens is 252 g/mol. The Labute approximate surface area is 109 Å². The van der Waals surface area contributed by atoms with Crippen molar-refractivity contribution < 1.29 is 4.21 Å². The second kappa shape index (κ2) is 5.69. The van der Waals surface area contributed by atoms with Crippen molar-refractivity contribution in [2.24, 2.45) is 5.92 Å². The zero-order valence-electron chi connectivity index (χ0n) is 9.76. The Morgan fingerprint density at radius 2 is 2.47 bits per heavy atom. The van der Waals surface area contributed by atoms with E-state index >= 15 is 0 Å². The van der Waals surface area contributed by atoms with E-state index in [2.05, 4.69) is 10.3 Å². The number of hydrogen-bond donors (Lipinski definition) is 1. The van der Waals surface area contributed by atoms with Crippen LogP contribution in [0.1, 0.15) is 23.7 Å². The zero-order chi connectivity index (χ0) is 12.3. The van der Waals surface area contributed by atoms with Crippen LogP contribution < -0.4 is 5.32 Å². The van der Waals surface area contributed by atoms with Gasteiger partial charge in [-0.25, -0.2) is 0 Å². The third-order valence-corrected chi connectivity index (χ3v) is 5.47. The van der Waals surface area contributed by atoms with Crippen LogP contribution in [0.15, 0.2) is 24.5 Å². The van der Waals surface area contributed by atoms with Gasteiger partial charge in [-0.15, -0.1) is 0 Å². The van der Waals surface area contributed by atoms with Crippen molar-refractivity contribution >= 4 is 28.0 Å². The summed E-state index contributed by atoms with van der Waals surface area (Å²) in [5.74, 6) is 0.941. The quantitative estimate of drug-likeness (QED) is 0.831. The summed E-state index contributed by atoms with van der Waals surface area (Å²) in [7, 11) is 0.985. The van der Waals surface area contributed by atoms with Crippen molar-refractivity contribution in [3.05, 3.63) is 30.1 Å². The molecule has 3 unspecified atom stereocenters. The molecule has 2 rings (SSSR count). The summed E-state index contributed by atoms with van der Waals surface area (Å²) in [6, 6.07) is 3.88. The van der Waals surface area contributed by atoms with Crippen LogP contribution >= 0.6 is 12.2 Å². The van der Waals surface area contributed by atoms with Gasteiger partial charge in [-0.1, -0.05) is 18.3 Å². The average Bonchev–Trinajstić information content (AvgIpc) is 2.38. The van der Waals surface area contributed by atoms with E-state index in [0.29, 0.717) is 0 Å². The number of nitrogens with zero attached hydrogens (tertiary/aromatic N) is 1. The average molecular weight is 268 g/mol. The lowest BCUT2D eigenvalue weighted by molar-refractivity contribution is 0.547. The lowest BCUT2D eigenvalue weighted by Crippen LogP contribution is -2.35. The molecule has 0 spiro atoms. The molecule has 1 saturated heterocycles. The number of nitrogens with one attached hydrogen (secondary N) is 1. The number of thiocarbonyl (C=S) groups is 1. The van der Waals surface area contributed by atoms with E-state index < -0.39 is 10.8 Å². The third kappa shape index (κ3) is 2.72. The highest BCUT2D eigenvalue weighted by Gasteiger charge is 2.34. The minimum atomic E-state index is -0.849. The summed E-state index contributed by atoms with van der Waals surface area (Å²) in [5, 5.41) is 3.03. The summed E-state index contributed by atoms with van der Waals surface area (Å²) in [6.45, 7) is 0. The summed E-state index contributed by atoms with van der Waals surface area (Å²) in [4.78, 5) is 4.93. The van der Waals surface area contributed by atoms with Gasteiger partial charge in [-0.3, -0.25) is 9.19 Å². The summed E-state index contributed by atoms with van der Waals surface area (Å²) in [6.07, 6.45) is 5.53. The van der Waals surface area contributed by atoms with E-state index in [1.165, 1.54) is 0 Å². The van der Waals surface area contributed by atoms with Gasteiger partial charge in [-0.2, -0.15) is 0 Å².